The number of carbonyl (C=O) groups is 2. The van der Waals surface area contributed by atoms with Gasteiger partial charge in [-0.1, -0.05) is 6.07 Å². The second kappa shape index (κ2) is 6.65. The van der Waals surface area contributed by atoms with Crippen LogP contribution < -0.4 is 10.6 Å². The zero-order valence-electron chi connectivity index (χ0n) is 11.5. The van der Waals surface area contributed by atoms with E-state index in [2.05, 4.69) is 10.6 Å². The van der Waals surface area contributed by atoms with Crippen molar-refractivity contribution in [1.82, 2.24) is 5.32 Å². The average molecular weight is 286 g/mol. The fourth-order valence-electron chi connectivity index (χ4n) is 1.81. The highest BCUT2D eigenvalue weighted by Gasteiger charge is 2.08. The molecule has 0 aliphatic rings. The SMILES string of the molecule is CCNC(=O)c1cccc(NC(=O)c2ccc(F)cc2)c1. The Labute approximate surface area is 122 Å². The summed E-state index contributed by atoms with van der Waals surface area (Å²) in [7, 11) is 0. The van der Waals surface area contributed by atoms with E-state index < -0.39 is 5.82 Å². The molecular formula is C16H15FN2O2. The molecule has 0 atom stereocenters. The molecular weight excluding hydrogens is 271 g/mol. The van der Waals surface area contributed by atoms with Gasteiger partial charge < -0.3 is 10.6 Å². The van der Waals surface area contributed by atoms with Crippen molar-refractivity contribution in [1.29, 1.82) is 0 Å². The lowest BCUT2D eigenvalue weighted by atomic mass is 10.1. The monoisotopic (exact) mass is 286 g/mol. The van der Waals surface area contributed by atoms with Crippen LogP contribution in [0.3, 0.4) is 0 Å². The number of carbonyl (C=O) groups excluding carboxylic acids is 2. The van der Waals surface area contributed by atoms with Crippen molar-refractivity contribution in [2.24, 2.45) is 0 Å². The maximum absolute atomic E-state index is 12.8. The molecule has 0 heterocycles. The summed E-state index contributed by atoms with van der Waals surface area (Å²) in [6.45, 7) is 2.36. The van der Waals surface area contributed by atoms with E-state index in [4.69, 9.17) is 0 Å². The number of amides is 2. The zero-order valence-corrected chi connectivity index (χ0v) is 11.5. The maximum Gasteiger partial charge on any atom is 0.255 e. The fourth-order valence-corrected chi connectivity index (χ4v) is 1.81. The molecule has 0 aliphatic heterocycles. The van der Waals surface area contributed by atoms with Crippen LogP contribution in [0.1, 0.15) is 27.6 Å². The molecule has 4 nitrogen and oxygen atoms in total. The van der Waals surface area contributed by atoms with E-state index in [1.54, 1.807) is 24.3 Å². The predicted octanol–water partition coefficient (Wildman–Crippen LogP) is 2.83. The lowest BCUT2D eigenvalue weighted by Gasteiger charge is -2.07. The van der Waals surface area contributed by atoms with E-state index in [0.717, 1.165) is 0 Å². The van der Waals surface area contributed by atoms with Gasteiger partial charge in [0.05, 0.1) is 0 Å². The van der Waals surface area contributed by atoms with Crippen LogP contribution in [0.5, 0.6) is 0 Å². The van der Waals surface area contributed by atoms with Crippen molar-refractivity contribution in [2.45, 2.75) is 6.92 Å². The van der Waals surface area contributed by atoms with Crippen LogP contribution in [0.25, 0.3) is 0 Å². The first-order valence-corrected chi connectivity index (χ1v) is 6.55. The van der Waals surface area contributed by atoms with Gasteiger partial charge in [-0.3, -0.25) is 9.59 Å². The van der Waals surface area contributed by atoms with Crippen LogP contribution in [0.4, 0.5) is 10.1 Å². The summed E-state index contributed by atoms with van der Waals surface area (Å²) in [6.07, 6.45) is 0. The normalized spacial score (nSPS) is 10.0. The van der Waals surface area contributed by atoms with Gasteiger partial charge >= 0.3 is 0 Å². The first kappa shape index (κ1) is 14.7. The standard InChI is InChI=1S/C16H15FN2O2/c1-2-18-15(20)12-4-3-5-14(10-12)19-16(21)11-6-8-13(17)9-7-11/h3-10H,2H2,1H3,(H,18,20)(H,19,21). The molecule has 0 fully saturated rings. The van der Waals surface area contributed by atoms with Gasteiger partial charge in [-0.15, -0.1) is 0 Å². The predicted molar refractivity (Wildman–Crippen MR) is 78.8 cm³/mol. The van der Waals surface area contributed by atoms with E-state index in [1.807, 2.05) is 6.92 Å². The molecule has 0 saturated heterocycles. The molecule has 2 aromatic carbocycles. The number of halogens is 1. The molecule has 0 aromatic heterocycles. The number of nitrogens with one attached hydrogen (secondary N) is 2. The molecule has 2 amide bonds. The van der Waals surface area contributed by atoms with Crippen LogP contribution in [-0.4, -0.2) is 18.4 Å². The summed E-state index contributed by atoms with van der Waals surface area (Å²) in [6, 6.07) is 11.9. The minimum Gasteiger partial charge on any atom is -0.352 e. The Morgan fingerprint density at radius 2 is 1.71 bits per heavy atom. The Kier molecular flexibility index (Phi) is 4.66. The number of hydrogen-bond acceptors (Lipinski definition) is 2. The number of hydrogen-bond donors (Lipinski definition) is 2. The summed E-state index contributed by atoms with van der Waals surface area (Å²) in [4.78, 5) is 23.7. The maximum atomic E-state index is 12.8. The van der Waals surface area contributed by atoms with Crippen molar-refractivity contribution in [3.8, 4) is 0 Å². The quantitative estimate of drug-likeness (QED) is 0.908. The third-order valence-electron chi connectivity index (χ3n) is 2.83. The van der Waals surface area contributed by atoms with Gasteiger partial charge in [0.25, 0.3) is 11.8 Å². The summed E-state index contributed by atoms with van der Waals surface area (Å²) in [5.74, 6) is -0.955. The molecule has 2 N–H and O–H groups in total. The Balaban J connectivity index is 2.12. The molecule has 21 heavy (non-hydrogen) atoms. The molecule has 0 radical (unpaired) electrons. The summed E-state index contributed by atoms with van der Waals surface area (Å²) in [5, 5.41) is 5.36. The van der Waals surface area contributed by atoms with Gasteiger partial charge in [-0.25, -0.2) is 4.39 Å². The summed E-state index contributed by atoms with van der Waals surface area (Å²) in [5.41, 5.74) is 1.32. The first-order valence-electron chi connectivity index (χ1n) is 6.55. The van der Waals surface area contributed by atoms with Crippen molar-refractivity contribution in [3.63, 3.8) is 0 Å². The highest BCUT2D eigenvalue weighted by Crippen LogP contribution is 2.13. The average Bonchev–Trinajstić information content (AvgIpc) is 2.48. The Morgan fingerprint density at radius 1 is 1.00 bits per heavy atom. The molecule has 0 spiro atoms. The Morgan fingerprint density at radius 3 is 2.38 bits per heavy atom. The molecule has 2 rings (SSSR count). The Hall–Kier alpha value is -2.69. The lowest BCUT2D eigenvalue weighted by molar-refractivity contribution is 0.0954. The number of anilines is 1. The molecule has 108 valence electrons. The van der Waals surface area contributed by atoms with Gasteiger partial charge in [-0.2, -0.15) is 0 Å². The third-order valence-corrected chi connectivity index (χ3v) is 2.83. The second-order valence-corrected chi connectivity index (χ2v) is 4.40. The smallest absolute Gasteiger partial charge is 0.255 e. The van der Waals surface area contributed by atoms with Crippen LogP contribution in [0.15, 0.2) is 48.5 Å². The van der Waals surface area contributed by atoms with Crippen molar-refractivity contribution < 1.29 is 14.0 Å². The third kappa shape index (κ3) is 3.89. The molecule has 0 unspecified atom stereocenters. The van der Waals surface area contributed by atoms with E-state index in [0.29, 0.717) is 23.4 Å². The minimum absolute atomic E-state index is 0.199. The molecule has 5 heteroatoms. The van der Waals surface area contributed by atoms with Gasteiger partial charge in [0.15, 0.2) is 0 Å². The topological polar surface area (TPSA) is 58.2 Å². The Bertz CT molecular complexity index is 654. The molecule has 0 bridgehead atoms. The number of rotatable bonds is 4. The fraction of sp³-hybridized carbons (Fsp3) is 0.125. The van der Waals surface area contributed by atoms with Gasteiger partial charge in [0.1, 0.15) is 5.82 Å². The summed E-state index contributed by atoms with van der Waals surface area (Å²) >= 11 is 0. The van der Waals surface area contributed by atoms with Crippen molar-refractivity contribution >= 4 is 17.5 Å². The van der Waals surface area contributed by atoms with E-state index in [1.165, 1.54) is 24.3 Å². The van der Waals surface area contributed by atoms with E-state index >= 15 is 0 Å². The van der Waals surface area contributed by atoms with Crippen molar-refractivity contribution in [2.75, 3.05) is 11.9 Å². The minimum atomic E-state index is -0.398. The zero-order chi connectivity index (χ0) is 15.2. The molecule has 2 aromatic rings. The van der Waals surface area contributed by atoms with Gasteiger partial charge in [0, 0.05) is 23.4 Å². The van der Waals surface area contributed by atoms with E-state index in [9.17, 15) is 14.0 Å². The van der Waals surface area contributed by atoms with E-state index in [-0.39, 0.29) is 11.8 Å². The lowest BCUT2D eigenvalue weighted by Crippen LogP contribution is -2.22. The van der Waals surface area contributed by atoms with Crippen molar-refractivity contribution in [3.05, 3.63) is 65.5 Å². The molecule has 0 aliphatic carbocycles. The molecule has 0 saturated carbocycles. The van der Waals surface area contributed by atoms with Gasteiger partial charge in [-0.05, 0) is 49.4 Å². The largest absolute Gasteiger partial charge is 0.352 e. The van der Waals surface area contributed by atoms with Gasteiger partial charge in [0.2, 0.25) is 0 Å². The number of benzene rings is 2. The second-order valence-electron chi connectivity index (χ2n) is 4.40. The highest BCUT2D eigenvalue weighted by molar-refractivity contribution is 6.05. The van der Waals surface area contributed by atoms with Crippen LogP contribution in [0.2, 0.25) is 0 Å². The first-order chi connectivity index (χ1) is 10.1. The highest BCUT2D eigenvalue weighted by atomic mass is 19.1. The van der Waals surface area contributed by atoms with Crippen LogP contribution in [-0.2, 0) is 0 Å². The summed E-state index contributed by atoms with van der Waals surface area (Å²) < 4.78 is 12.8. The van der Waals surface area contributed by atoms with Crippen LogP contribution in [0, 0.1) is 5.82 Å². The van der Waals surface area contributed by atoms with Crippen LogP contribution >= 0.6 is 0 Å².